The van der Waals surface area contributed by atoms with Crippen molar-refractivity contribution >= 4 is 11.9 Å². The van der Waals surface area contributed by atoms with Gasteiger partial charge in [0.2, 0.25) is 0 Å². The predicted octanol–water partition coefficient (Wildman–Crippen LogP) is 2.22. The summed E-state index contributed by atoms with van der Waals surface area (Å²) in [6, 6.07) is 3.35. The predicted molar refractivity (Wildman–Crippen MR) is 95.0 cm³/mol. The van der Waals surface area contributed by atoms with Crippen molar-refractivity contribution in [2.45, 2.75) is 52.1 Å². The first kappa shape index (κ1) is 18.8. The molecular weight excluding hydrogens is 318 g/mol. The Kier molecular flexibility index (Phi) is 5.73. The van der Waals surface area contributed by atoms with Crippen LogP contribution in [-0.4, -0.2) is 46.5 Å². The van der Waals surface area contributed by atoms with E-state index in [1.54, 1.807) is 17.2 Å². The van der Waals surface area contributed by atoms with Crippen LogP contribution < -0.4 is 10.6 Å². The van der Waals surface area contributed by atoms with Crippen LogP contribution in [0.25, 0.3) is 0 Å². The number of rotatable bonds is 3. The number of carbonyl (C=O) groups is 2. The number of hydrogen-bond acceptors (Lipinski definition) is 3. The second-order valence-corrected chi connectivity index (χ2v) is 7.70. The number of urea groups is 1. The van der Waals surface area contributed by atoms with Gasteiger partial charge in [-0.05, 0) is 52.5 Å². The third kappa shape index (κ3) is 5.24. The van der Waals surface area contributed by atoms with E-state index in [1.807, 2.05) is 33.8 Å². The second-order valence-electron chi connectivity index (χ2n) is 7.70. The fourth-order valence-electron chi connectivity index (χ4n) is 3.07. The van der Waals surface area contributed by atoms with Gasteiger partial charge in [0.1, 0.15) is 11.8 Å². The molecule has 0 aromatic carbocycles. The van der Waals surface area contributed by atoms with Crippen LogP contribution in [-0.2, 0) is 0 Å². The number of carbonyl (C=O) groups excluding carboxylic acids is 2. The third-order valence-electron chi connectivity index (χ3n) is 4.35. The van der Waals surface area contributed by atoms with Crippen molar-refractivity contribution in [3.63, 3.8) is 0 Å². The Bertz CT molecular complexity index is 668. The van der Waals surface area contributed by atoms with E-state index in [4.69, 9.17) is 5.26 Å². The molecule has 25 heavy (non-hydrogen) atoms. The summed E-state index contributed by atoms with van der Waals surface area (Å²) in [5.41, 5.74) is 0.597. The molecule has 3 N–H and O–H groups in total. The minimum absolute atomic E-state index is 0.0288. The Morgan fingerprint density at radius 3 is 2.76 bits per heavy atom. The Balaban J connectivity index is 1.94. The SMILES string of the molecule is C[C@@H](NC(=O)NC(C)(C)C)[C@H]1CCCN(C(=O)c2c[nH]c(C#N)c2)C1. The van der Waals surface area contributed by atoms with Crippen molar-refractivity contribution in [2.24, 2.45) is 5.92 Å². The highest BCUT2D eigenvalue weighted by Gasteiger charge is 2.29. The molecule has 0 spiro atoms. The number of aromatic amines is 1. The van der Waals surface area contributed by atoms with Crippen LogP contribution in [0.2, 0.25) is 0 Å². The lowest BCUT2D eigenvalue weighted by molar-refractivity contribution is 0.0654. The van der Waals surface area contributed by atoms with Gasteiger partial charge in [-0.3, -0.25) is 4.79 Å². The van der Waals surface area contributed by atoms with Gasteiger partial charge in [0.25, 0.3) is 5.91 Å². The van der Waals surface area contributed by atoms with Crippen molar-refractivity contribution in [3.05, 3.63) is 23.5 Å². The topological polar surface area (TPSA) is 101 Å². The number of amides is 3. The van der Waals surface area contributed by atoms with Crippen LogP contribution in [0.5, 0.6) is 0 Å². The molecule has 0 bridgehead atoms. The summed E-state index contributed by atoms with van der Waals surface area (Å²) in [6.07, 6.45) is 3.44. The number of nitrogens with zero attached hydrogens (tertiary/aromatic N) is 2. The van der Waals surface area contributed by atoms with Crippen LogP contribution in [0.15, 0.2) is 12.3 Å². The molecule has 2 rings (SSSR count). The summed E-state index contributed by atoms with van der Waals surface area (Å²) in [7, 11) is 0. The van der Waals surface area contributed by atoms with E-state index in [1.165, 1.54) is 0 Å². The molecule has 1 aliphatic heterocycles. The highest BCUT2D eigenvalue weighted by atomic mass is 16.2. The fourth-order valence-corrected chi connectivity index (χ4v) is 3.07. The zero-order chi connectivity index (χ0) is 18.6. The molecule has 2 heterocycles. The number of piperidine rings is 1. The van der Waals surface area contributed by atoms with Gasteiger partial charge in [-0.2, -0.15) is 5.26 Å². The summed E-state index contributed by atoms with van der Waals surface area (Å²) < 4.78 is 0. The van der Waals surface area contributed by atoms with Crippen LogP contribution in [0.4, 0.5) is 4.79 Å². The maximum absolute atomic E-state index is 12.6. The molecule has 1 aromatic heterocycles. The smallest absolute Gasteiger partial charge is 0.315 e. The second kappa shape index (κ2) is 7.60. The Morgan fingerprint density at radius 2 is 2.16 bits per heavy atom. The number of H-pyrrole nitrogens is 1. The highest BCUT2D eigenvalue weighted by Crippen LogP contribution is 2.21. The summed E-state index contributed by atoms with van der Waals surface area (Å²) in [5, 5.41) is 14.7. The van der Waals surface area contributed by atoms with Gasteiger partial charge in [0.05, 0.1) is 5.56 Å². The molecule has 0 radical (unpaired) electrons. The van der Waals surface area contributed by atoms with Crippen LogP contribution in [0.3, 0.4) is 0 Å². The van der Waals surface area contributed by atoms with E-state index in [9.17, 15) is 9.59 Å². The molecule has 2 atom stereocenters. The number of aromatic nitrogens is 1. The molecule has 0 saturated carbocycles. The third-order valence-corrected chi connectivity index (χ3v) is 4.35. The zero-order valence-corrected chi connectivity index (χ0v) is 15.3. The van der Waals surface area contributed by atoms with Crippen molar-refractivity contribution < 1.29 is 9.59 Å². The number of nitrogens with one attached hydrogen (secondary N) is 3. The lowest BCUT2D eigenvalue weighted by Crippen LogP contribution is -2.53. The molecule has 1 aliphatic rings. The van der Waals surface area contributed by atoms with E-state index in [0.717, 1.165) is 12.8 Å². The average molecular weight is 345 g/mol. The standard InChI is InChI=1S/C18H27N5O2/c1-12(21-17(25)22-18(2,3)4)13-6-5-7-23(11-13)16(24)14-8-15(9-19)20-10-14/h8,10,12-13,20H,5-7,11H2,1-4H3,(H2,21,22,25)/t12-,13+/m1/s1. The Hall–Kier alpha value is -2.49. The van der Waals surface area contributed by atoms with Gasteiger partial charge in [-0.25, -0.2) is 4.79 Å². The van der Waals surface area contributed by atoms with Gasteiger partial charge < -0.3 is 20.5 Å². The van der Waals surface area contributed by atoms with E-state index in [0.29, 0.717) is 24.3 Å². The lowest BCUT2D eigenvalue weighted by Gasteiger charge is -2.36. The van der Waals surface area contributed by atoms with E-state index in [-0.39, 0.29) is 29.4 Å². The van der Waals surface area contributed by atoms with Crippen molar-refractivity contribution in [3.8, 4) is 6.07 Å². The molecule has 0 unspecified atom stereocenters. The highest BCUT2D eigenvalue weighted by molar-refractivity contribution is 5.94. The molecule has 7 heteroatoms. The van der Waals surface area contributed by atoms with Gasteiger partial charge in [-0.1, -0.05) is 0 Å². The fraction of sp³-hybridized carbons (Fsp3) is 0.611. The first-order chi connectivity index (χ1) is 11.7. The van der Waals surface area contributed by atoms with Crippen molar-refractivity contribution in [1.82, 2.24) is 20.5 Å². The van der Waals surface area contributed by atoms with Gasteiger partial charge >= 0.3 is 6.03 Å². The molecule has 136 valence electrons. The van der Waals surface area contributed by atoms with Crippen LogP contribution in [0, 0.1) is 17.2 Å². The first-order valence-corrected chi connectivity index (χ1v) is 8.66. The molecule has 1 aromatic rings. The Labute approximate surface area is 148 Å². The van der Waals surface area contributed by atoms with Gasteiger partial charge in [0.15, 0.2) is 0 Å². The van der Waals surface area contributed by atoms with Crippen LogP contribution >= 0.6 is 0 Å². The van der Waals surface area contributed by atoms with E-state index >= 15 is 0 Å². The maximum Gasteiger partial charge on any atom is 0.315 e. The largest absolute Gasteiger partial charge is 0.352 e. The van der Waals surface area contributed by atoms with Gasteiger partial charge in [-0.15, -0.1) is 0 Å². The summed E-state index contributed by atoms with van der Waals surface area (Å²) >= 11 is 0. The summed E-state index contributed by atoms with van der Waals surface area (Å²) in [5.74, 6) is 0.131. The van der Waals surface area contributed by atoms with Crippen molar-refractivity contribution in [2.75, 3.05) is 13.1 Å². The minimum Gasteiger partial charge on any atom is -0.352 e. The normalized spacial score (nSPS) is 19.0. The maximum atomic E-state index is 12.6. The van der Waals surface area contributed by atoms with E-state index in [2.05, 4.69) is 15.6 Å². The summed E-state index contributed by atoms with van der Waals surface area (Å²) in [6.45, 7) is 9.08. The molecule has 7 nitrogen and oxygen atoms in total. The molecule has 3 amide bonds. The number of likely N-dealkylation sites (tertiary alicyclic amines) is 1. The average Bonchev–Trinajstić information content (AvgIpc) is 3.01. The quantitative estimate of drug-likeness (QED) is 0.783. The zero-order valence-electron chi connectivity index (χ0n) is 15.3. The van der Waals surface area contributed by atoms with Gasteiger partial charge in [0, 0.05) is 30.9 Å². The minimum atomic E-state index is -0.287. The molecule has 1 fully saturated rings. The molecule has 1 saturated heterocycles. The monoisotopic (exact) mass is 345 g/mol. The van der Waals surface area contributed by atoms with Crippen LogP contribution in [0.1, 0.15) is 56.6 Å². The van der Waals surface area contributed by atoms with Crippen molar-refractivity contribution in [1.29, 1.82) is 5.26 Å². The molecule has 0 aliphatic carbocycles. The Morgan fingerprint density at radius 1 is 1.44 bits per heavy atom. The number of nitriles is 1. The lowest BCUT2D eigenvalue weighted by atomic mass is 9.91. The molecular formula is C18H27N5O2. The number of hydrogen-bond donors (Lipinski definition) is 3. The summed E-state index contributed by atoms with van der Waals surface area (Å²) in [4.78, 5) is 29.2. The first-order valence-electron chi connectivity index (χ1n) is 8.66. The van der Waals surface area contributed by atoms with E-state index < -0.39 is 0 Å².